The lowest BCUT2D eigenvalue weighted by Gasteiger charge is -2.30. The average Bonchev–Trinajstić information content (AvgIpc) is 2.72. The Morgan fingerprint density at radius 1 is 1.18 bits per heavy atom. The summed E-state index contributed by atoms with van der Waals surface area (Å²) in [7, 11) is 0. The van der Waals surface area contributed by atoms with Crippen molar-refractivity contribution < 1.29 is 18.7 Å². The average molecular weight is 377 g/mol. The minimum Gasteiger partial charge on any atom is -0.487 e. The number of pyridine rings is 1. The number of para-hydroxylation sites is 1. The van der Waals surface area contributed by atoms with E-state index in [4.69, 9.17) is 4.74 Å². The number of aldehydes is 1. The molecule has 0 radical (unpaired) electrons. The molecule has 2 heterocycles. The highest BCUT2D eigenvalue weighted by Gasteiger charge is 2.25. The fourth-order valence-corrected chi connectivity index (χ4v) is 3.02. The molecule has 1 aliphatic heterocycles. The van der Waals surface area contributed by atoms with Gasteiger partial charge in [0.2, 0.25) is 0 Å². The molecule has 4 rings (SSSR count). The van der Waals surface area contributed by atoms with E-state index in [1.807, 2.05) is 24.3 Å². The number of nitrogens with zero attached hydrogens (tertiary/aromatic N) is 2. The Kier molecular flexibility index (Phi) is 4.72. The van der Waals surface area contributed by atoms with E-state index in [9.17, 15) is 14.0 Å². The predicted octanol–water partition coefficient (Wildman–Crippen LogP) is 4.16. The van der Waals surface area contributed by atoms with E-state index >= 15 is 0 Å². The normalized spacial score (nSPS) is 12.9. The number of hydrogen-bond acceptors (Lipinski definition) is 4. The van der Waals surface area contributed by atoms with E-state index in [2.05, 4.69) is 10.3 Å². The Hall–Kier alpha value is -3.74. The summed E-state index contributed by atoms with van der Waals surface area (Å²) < 4.78 is 19.4. The maximum absolute atomic E-state index is 13.7. The Morgan fingerprint density at radius 2 is 2.04 bits per heavy atom. The first-order valence-corrected chi connectivity index (χ1v) is 8.63. The minimum absolute atomic E-state index is 0.0679. The van der Waals surface area contributed by atoms with Gasteiger partial charge in [0.05, 0.1) is 12.2 Å². The minimum atomic E-state index is -0.459. The number of halogens is 1. The highest BCUT2D eigenvalue weighted by Crippen LogP contribution is 2.31. The molecule has 140 valence electrons. The van der Waals surface area contributed by atoms with Gasteiger partial charge in [-0.05, 0) is 35.9 Å². The molecule has 6 nitrogen and oxygen atoms in total. The Bertz CT molecular complexity index is 1050. The van der Waals surface area contributed by atoms with Crippen molar-refractivity contribution in [2.75, 3.05) is 10.2 Å². The van der Waals surface area contributed by atoms with E-state index in [1.54, 1.807) is 18.2 Å². The molecule has 2 aromatic carbocycles. The zero-order chi connectivity index (χ0) is 19.5. The van der Waals surface area contributed by atoms with Gasteiger partial charge in [-0.2, -0.15) is 0 Å². The van der Waals surface area contributed by atoms with Crippen molar-refractivity contribution in [3.05, 3.63) is 83.4 Å². The van der Waals surface area contributed by atoms with E-state index in [0.29, 0.717) is 29.8 Å². The number of ether oxygens (including phenoxy) is 1. The molecule has 0 unspecified atom stereocenters. The van der Waals surface area contributed by atoms with Crippen LogP contribution in [0.15, 0.2) is 60.8 Å². The SMILES string of the molecule is O=Cc1ccc(OCc2ncccc2F)cc1N1Cc2ccccc2NC1=O. The highest BCUT2D eigenvalue weighted by atomic mass is 19.1. The lowest BCUT2D eigenvalue weighted by molar-refractivity contribution is 0.112. The number of fused-ring (bicyclic) bond motifs is 1. The van der Waals surface area contributed by atoms with Crippen molar-refractivity contribution in [1.29, 1.82) is 0 Å². The van der Waals surface area contributed by atoms with Crippen LogP contribution >= 0.6 is 0 Å². The van der Waals surface area contributed by atoms with Gasteiger partial charge in [0, 0.05) is 23.5 Å². The summed E-state index contributed by atoms with van der Waals surface area (Å²) in [5.41, 5.74) is 2.62. The number of anilines is 2. The van der Waals surface area contributed by atoms with Gasteiger partial charge in [-0.15, -0.1) is 0 Å². The Balaban J connectivity index is 1.61. The van der Waals surface area contributed by atoms with Crippen LogP contribution in [0.5, 0.6) is 5.75 Å². The van der Waals surface area contributed by atoms with Crippen LogP contribution in [0.2, 0.25) is 0 Å². The number of hydrogen-bond donors (Lipinski definition) is 1. The molecule has 0 saturated heterocycles. The second-order valence-electron chi connectivity index (χ2n) is 6.23. The topological polar surface area (TPSA) is 71.5 Å². The first-order valence-electron chi connectivity index (χ1n) is 8.63. The molecule has 0 bridgehead atoms. The third-order valence-corrected chi connectivity index (χ3v) is 4.46. The summed E-state index contributed by atoms with van der Waals surface area (Å²) in [6, 6.07) is 14.7. The molecule has 0 spiro atoms. The summed E-state index contributed by atoms with van der Waals surface area (Å²) in [5, 5.41) is 2.82. The summed E-state index contributed by atoms with van der Waals surface area (Å²) in [6.45, 7) is 0.253. The third-order valence-electron chi connectivity index (χ3n) is 4.46. The van der Waals surface area contributed by atoms with Gasteiger partial charge >= 0.3 is 6.03 Å². The maximum atomic E-state index is 13.7. The highest BCUT2D eigenvalue weighted by molar-refractivity contribution is 6.06. The van der Waals surface area contributed by atoms with E-state index in [0.717, 1.165) is 11.3 Å². The van der Waals surface area contributed by atoms with Crippen LogP contribution in [0.25, 0.3) is 0 Å². The first-order chi connectivity index (χ1) is 13.7. The van der Waals surface area contributed by atoms with E-state index in [1.165, 1.54) is 23.2 Å². The maximum Gasteiger partial charge on any atom is 0.326 e. The third kappa shape index (κ3) is 3.42. The van der Waals surface area contributed by atoms with Gasteiger partial charge in [0.15, 0.2) is 6.29 Å². The standard InChI is InChI=1S/C21H16FN3O3/c22-17-5-3-9-23-19(17)13-28-16-8-7-15(12-26)20(10-16)25-11-14-4-1-2-6-18(14)24-21(25)27/h1-10,12H,11,13H2,(H,24,27). The number of amides is 2. The zero-order valence-corrected chi connectivity index (χ0v) is 14.8. The van der Waals surface area contributed by atoms with Crippen molar-refractivity contribution in [2.24, 2.45) is 0 Å². The molecule has 0 atom stereocenters. The van der Waals surface area contributed by atoms with Gasteiger partial charge < -0.3 is 10.1 Å². The van der Waals surface area contributed by atoms with Crippen molar-refractivity contribution in [3.8, 4) is 5.75 Å². The molecule has 1 N–H and O–H groups in total. The number of nitrogens with one attached hydrogen (secondary N) is 1. The van der Waals surface area contributed by atoms with Crippen LogP contribution in [0.4, 0.5) is 20.6 Å². The number of aromatic nitrogens is 1. The summed E-state index contributed by atoms with van der Waals surface area (Å²) >= 11 is 0. The molecule has 2 amide bonds. The van der Waals surface area contributed by atoms with Gasteiger partial charge in [-0.1, -0.05) is 18.2 Å². The fraction of sp³-hybridized carbons (Fsp3) is 0.0952. The number of carbonyl (C=O) groups is 2. The molecule has 7 heteroatoms. The molecule has 0 fully saturated rings. The van der Waals surface area contributed by atoms with Crippen LogP contribution < -0.4 is 15.0 Å². The summed E-state index contributed by atoms with van der Waals surface area (Å²) in [4.78, 5) is 29.5. The van der Waals surface area contributed by atoms with Crippen LogP contribution in [0.1, 0.15) is 21.6 Å². The smallest absolute Gasteiger partial charge is 0.326 e. The van der Waals surface area contributed by atoms with Crippen LogP contribution in [0, 0.1) is 5.82 Å². The lowest BCUT2D eigenvalue weighted by atomic mass is 10.1. The van der Waals surface area contributed by atoms with Gasteiger partial charge in [-0.25, -0.2) is 9.18 Å². The van der Waals surface area contributed by atoms with Crippen molar-refractivity contribution >= 4 is 23.7 Å². The molecule has 1 aromatic heterocycles. The van der Waals surface area contributed by atoms with E-state index < -0.39 is 5.82 Å². The largest absolute Gasteiger partial charge is 0.487 e. The Morgan fingerprint density at radius 3 is 2.86 bits per heavy atom. The molecule has 28 heavy (non-hydrogen) atoms. The van der Waals surface area contributed by atoms with Gasteiger partial charge in [-0.3, -0.25) is 14.7 Å². The summed E-state index contributed by atoms with van der Waals surface area (Å²) in [5.74, 6) is -0.0587. The summed E-state index contributed by atoms with van der Waals surface area (Å²) in [6.07, 6.45) is 2.17. The van der Waals surface area contributed by atoms with Gasteiger partial charge in [0.25, 0.3) is 0 Å². The number of urea groups is 1. The lowest BCUT2D eigenvalue weighted by Crippen LogP contribution is -2.39. The fourth-order valence-electron chi connectivity index (χ4n) is 3.02. The second-order valence-corrected chi connectivity index (χ2v) is 6.23. The molecule has 3 aromatic rings. The van der Waals surface area contributed by atoms with Crippen molar-refractivity contribution in [2.45, 2.75) is 13.2 Å². The number of rotatable bonds is 5. The van der Waals surface area contributed by atoms with Crippen LogP contribution in [0.3, 0.4) is 0 Å². The molecule has 0 aliphatic carbocycles. The monoisotopic (exact) mass is 377 g/mol. The second kappa shape index (κ2) is 7.48. The Labute approximate surface area is 160 Å². The molecular weight excluding hydrogens is 361 g/mol. The number of benzene rings is 2. The van der Waals surface area contributed by atoms with Crippen molar-refractivity contribution in [1.82, 2.24) is 4.98 Å². The van der Waals surface area contributed by atoms with Crippen LogP contribution in [-0.2, 0) is 13.2 Å². The first kappa shape index (κ1) is 17.7. The molecule has 0 saturated carbocycles. The van der Waals surface area contributed by atoms with Crippen LogP contribution in [-0.4, -0.2) is 17.3 Å². The van der Waals surface area contributed by atoms with Crippen molar-refractivity contribution in [3.63, 3.8) is 0 Å². The molecular formula is C21H16FN3O3. The predicted molar refractivity (Wildman–Crippen MR) is 102 cm³/mol. The van der Waals surface area contributed by atoms with Gasteiger partial charge in [0.1, 0.15) is 23.9 Å². The number of carbonyl (C=O) groups excluding carboxylic acids is 2. The zero-order valence-electron chi connectivity index (χ0n) is 14.8. The molecule has 1 aliphatic rings. The van der Waals surface area contributed by atoms with E-state index in [-0.39, 0.29) is 18.3 Å². The quantitative estimate of drug-likeness (QED) is 0.678.